The fraction of sp³-hybridized carbons (Fsp3) is 0.560. The topological polar surface area (TPSA) is 36.9 Å². The number of nitrogens with zero attached hydrogens (tertiary/aromatic N) is 2. The van der Waals surface area contributed by atoms with Crippen LogP contribution < -0.4 is 10.1 Å². The van der Waals surface area contributed by atoms with E-state index in [9.17, 15) is 17.6 Å². The number of rotatable bonds is 9. The highest BCUT2D eigenvalue weighted by molar-refractivity contribution is 5.84. The molecule has 1 aliphatic rings. The molecule has 0 unspecified atom stereocenters. The number of piperidine rings is 1. The number of hydrogen-bond acceptors (Lipinski definition) is 3. The summed E-state index contributed by atoms with van der Waals surface area (Å²) in [6.45, 7) is 9.23. The van der Waals surface area contributed by atoms with Gasteiger partial charge in [0.05, 0.1) is 19.4 Å². The van der Waals surface area contributed by atoms with Gasteiger partial charge < -0.3 is 10.1 Å². The molecule has 186 valence electrons. The van der Waals surface area contributed by atoms with E-state index in [1.807, 2.05) is 19.1 Å². The maximum Gasteiger partial charge on any atom is 0.573 e. The van der Waals surface area contributed by atoms with Gasteiger partial charge in [0.1, 0.15) is 11.6 Å². The average molecular weight is 472 g/mol. The molecule has 0 spiro atoms. The second-order valence-corrected chi connectivity index (χ2v) is 7.74. The molecule has 1 aromatic rings. The van der Waals surface area contributed by atoms with Crippen LogP contribution in [0.4, 0.5) is 17.6 Å². The van der Waals surface area contributed by atoms with E-state index in [2.05, 4.69) is 33.8 Å². The third kappa shape index (κ3) is 12.5. The van der Waals surface area contributed by atoms with Gasteiger partial charge in [-0.05, 0) is 56.5 Å². The number of allylic oxidation sites excluding steroid dienone is 1. The smallest absolute Gasteiger partial charge is 0.405 e. The predicted molar refractivity (Wildman–Crippen MR) is 127 cm³/mol. The maximum atomic E-state index is 12.7. The Balaban J connectivity index is 0.00000125. The van der Waals surface area contributed by atoms with Gasteiger partial charge in [0.25, 0.3) is 0 Å². The van der Waals surface area contributed by atoms with Gasteiger partial charge in [-0.15, -0.1) is 13.2 Å². The molecule has 1 saturated heterocycles. The van der Waals surface area contributed by atoms with Crippen LogP contribution in [-0.4, -0.2) is 49.8 Å². The Morgan fingerprint density at radius 2 is 1.82 bits per heavy atom. The van der Waals surface area contributed by atoms with Crippen LogP contribution in [0.2, 0.25) is 0 Å². The summed E-state index contributed by atoms with van der Waals surface area (Å²) in [4.78, 5) is 6.57. The Morgan fingerprint density at radius 3 is 2.39 bits per heavy atom. The quantitative estimate of drug-likeness (QED) is 0.190. The first-order chi connectivity index (χ1) is 15.8. The van der Waals surface area contributed by atoms with Gasteiger partial charge in [0.15, 0.2) is 0 Å². The lowest BCUT2D eigenvalue weighted by Crippen LogP contribution is -2.41. The summed E-state index contributed by atoms with van der Waals surface area (Å²) in [5, 5.41) is 3.22. The van der Waals surface area contributed by atoms with Crippen molar-refractivity contribution < 1.29 is 22.3 Å². The van der Waals surface area contributed by atoms with Crippen molar-refractivity contribution in [3.63, 3.8) is 0 Å². The molecule has 0 bridgehead atoms. The monoisotopic (exact) mass is 471 g/mol. The molecular formula is C25H37F4N3O. The molecule has 1 N–H and O–H groups in total. The Kier molecular flexibility index (Phi) is 14.2. The third-order valence-corrected chi connectivity index (χ3v) is 5.18. The Hall–Kier alpha value is -2.35. The summed E-state index contributed by atoms with van der Waals surface area (Å²) in [5.74, 6) is 0.655. The van der Waals surface area contributed by atoms with E-state index in [1.165, 1.54) is 25.0 Å². The minimum atomic E-state index is -4.70. The first-order valence-corrected chi connectivity index (χ1v) is 11.5. The Bertz CT molecular complexity index is 737. The van der Waals surface area contributed by atoms with E-state index in [0.717, 1.165) is 31.8 Å². The van der Waals surface area contributed by atoms with E-state index < -0.39 is 6.36 Å². The van der Waals surface area contributed by atoms with Crippen LogP contribution in [0.1, 0.15) is 57.9 Å². The molecule has 0 aliphatic carbocycles. The molecule has 0 radical (unpaired) electrons. The van der Waals surface area contributed by atoms with Crippen LogP contribution in [0, 0.1) is 0 Å². The number of para-hydroxylation sites is 1. The molecule has 1 aliphatic heterocycles. The molecule has 1 fully saturated rings. The van der Waals surface area contributed by atoms with E-state index in [-0.39, 0.29) is 18.2 Å². The standard InChI is InChI=1S/C21H27F4N3O.C4H10/c1-2-3-12-26-20(27-13-6-11-22)16-28-14-9-17(10-15-28)18-7-4-5-8-19(18)29-21(23,24)25;1-3-4-2/h2-8,11,17H,9-10,12-16H2,1H3,(H,26,27);3-4H2,1-2H3/b3-2-,11-6+;. The summed E-state index contributed by atoms with van der Waals surface area (Å²) in [6.07, 6.45) is 5.09. The van der Waals surface area contributed by atoms with E-state index in [0.29, 0.717) is 25.0 Å². The Labute approximate surface area is 195 Å². The fourth-order valence-corrected chi connectivity index (χ4v) is 3.31. The summed E-state index contributed by atoms with van der Waals surface area (Å²) in [7, 11) is 0. The number of hydrogen-bond donors (Lipinski definition) is 1. The summed E-state index contributed by atoms with van der Waals surface area (Å²) < 4.78 is 54.4. The zero-order chi connectivity index (χ0) is 24.5. The number of ether oxygens (including phenoxy) is 1. The van der Waals surface area contributed by atoms with E-state index in [1.54, 1.807) is 18.2 Å². The summed E-state index contributed by atoms with van der Waals surface area (Å²) in [5.41, 5.74) is 0.595. The highest BCUT2D eigenvalue weighted by Crippen LogP contribution is 2.36. The molecular weight excluding hydrogens is 434 g/mol. The molecule has 8 heteroatoms. The van der Waals surface area contributed by atoms with Crippen LogP contribution in [0.25, 0.3) is 0 Å². The van der Waals surface area contributed by atoms with Gasteiger partial charge in [0.2, 0.25) is 0 Å². The predicted octanol–water partition coefficient (Wildman–Crippen LogP) is 6.62. The van der Waals surface area contributed by atoms with Crippen LogP contribution in [-0.2, 0) is 0 Å². The second-order valence-electron chi connectivity index (χ2n) is 7.74. The molecule has 0 atom stereocenters. The van der Waals surface area contributed by atoms with Gasteiger partial charge in [-0.3, -0.25) is 9.89 Å². The van der Waals surface area contributed by atoms with Crippen molar-refractivity contribution in [3.8, 4) is 5.75 Å². The molecule has 33 heavy (non-hydrogen) atoms. The first-order valence-electron chi connectivity index (χ1n) is 11.5. The van der Waals surface area contributed by atoms with Crippen molar-refractivity contribution >= 4 is 5.84 Å². The van der Waals surface area contributed by atoms with Crippen molar-refractivity contribution in [2.45, 2.75) is 58.7 Å². The highest BCUT2D eigenvalue weighted by Gasteiger charge is 2.33. The zero-order valence-electron chi connectivity index (χ0n) is 19.9. The number of nitrogens with one attached hydrogen (secondary N) is 1. The second kappa shape index (κ2) is 16.3. The van der Waals surface area contributed by atoms with Crippen LogP contribution >= 0.6 is 0 Å². The number of alkyl halides is 3. The van der Waals surface area contributed by atoms with Crippen LogP contribution in [0.5, 0.6) is 5.75 Å². The van der Waals surface area contributed by atoms with Crippen LogP contribution in [0.15, 0.2) is 53.8 Å². The molecule has 0 saturated carbocycles. The molecule has 1 heterocycles. The number of aliphatic imine (C=N–C) groups is 1. The zero-order valence-corrected chi connectivity index (χ0v) is 19.9. The normalized spacial score (nSPS) is 16.2. The molecule has 1 aromatic carbocycles. The van der Waals surface area contributed by atoms with Crippen molar-refractivity contribution in [1.29, 1.82) is 0 Å². The molecule has 2 rings (SSSR count). The maximum absolute atomic E-state index is 12.7. The molecule has 4 nitrogen and oxygen atoms in total. The van der Waals surface area contributed by atoms with Gasteiger partial charge >= 0.3 is 6.36 Å². The van der Waals surface area contributed by atoms with Crippen LogP contribution in [0.3, 0.4) is 0 Å². The molecule has 0 aromatic heterocycles. The fourth-order valence-electron chi connectivity index (χ4n) is 3.31. The van der Waals surface area contributed by atoms with Crippen molar-refractivity contribution in [2.75, 3.05) is 32.7 Å². The SMILES string of the molecule is C/C=C\CNC(CN1CCC(c2ccccc2OC(F)(F)F)CC1)=NC/C=C/F.CCCC. The summed E-state index contributed by atoms with van der Waals surface area (Å²) >= 11 is 0. The average Bonchev–Trinajstić information content (AvgIpc) is 2.79. The molecule has 0 amide bonds. The van der Waals surface area contributed by atoms with E-state index >= 15 is 0 Å². The highest BCUT2D eigenvalue weighted by atomic mass is 19.4. The lowest BCUT2D eigenvalue weighted by Gasteiger charge is -2.33. The number of likely N-dealkylation sites (tertiary alicyclic amines) is 1. The summed E-state index contributed by atoms with van der Waals surface area (Å²) in [6, 6.07) is 6.35. The van der Waals surface area contributed by atoms with Gasteiger partial charge in [-0.2, -0.15) is 0 Å². The Morgan fingerprint density at radius 1 is 1.15 bits per heavy atom. The van der Waals surface area contributed by atoms with Crippen molar-refractivity contribution in [3.05, 3.63) is 54.4 Å². The number of amidine groups is 1. The van der Waals surface area contributed by atoms with Crippen molar-refractivity contribution in [1.82, 2.24) is 10.2 Å². The van der Waals surface area contributed by atoms with Gasteiger partial charge in [-0.1, -0.05) is 57.0 Å². The first kappa shape index (κ1) is 28.7. The largest absolute Gasteiger partial charge is 0.573 e. The van der Waals surface area contributed by atoms with Crippen molar-refractivity contribution in [2.24, 2.45) is 4.99 Å². The number of unbranched alkanes of at least 4 members (excludes halogenated alkanes) is 1. The van der Waals surface area contributed by atoms with Gasteiger partial charge in [-0.25, -0.2) is 4.39 Å². The third-order valence-electron chi connectivity index (χ3n) is 5.18. The number of benzene rings is 1. The van der Waals surface area contributed by atoms with Gasteiger partial charge in [0, 0.05) is 6.54 Å². The van der Waals surface area contributed by atoms with E-state index in [4.69, 9.17) is 0 Å². The minimum absolute atomic E-state index is 0.00986. The minimum Gasteiger partial charge on any atom is -0.405 e. The lowest BCUT2D eigenvalue weighted by atomic mass is 9.89. The number of halogens is 4. The lowest BCUT2D eigenvalue weighted by molar-refractivity contribution is -0.275.